The van der Waals surface area contributed by atoms with Crippen molar-refractivity contribution in [3.8, 4) is 0 Å². The molecule has 2 rings (SSSR count). The zero-order valence-electron chi connectivity index (χ0n) is 10.2. The fourth-order valence-electron chi connectivity index (χ4n) is 1.92. The zero-order chi connectivity index (χ0) is 13.1. The van der Waals surface area contributed by atoms with Crippen LogP contribution in [0.5, 0.6) is 0 Å². The Labute approximate surface area is 105 Å². The molecule has 0 amide bonds. The number of carbonyl (C=O) groups is 1. The summed E-state index contributed by atoms with van der Waals surface area (Å²) in [7, 11) is 0. The lowest BCUT2D eigenvalue weighted by Gasteiger charge is -2.14. The molecule has 4 heteroatoms. The third-order valence-corrected chi connectivity index (χ3v) is 2.80. The standard InChI is InChI=1S/C14H13FN2O/c1-9-7-11(3-4-12(9)15)14(10(2)18)13-8-16-5-6-17-13/h3-8,14H,1-2H3. The van der Waals surface area contributed by atoms with Gasteiger partial charge in [-0.15, -0.1) is 0 Å². The quantitative estimate of drug-likeness (QED) is 0.833. The molecule has 18 heavy (non-hydrogen) atoms. The lowest BCUT2D eigenvalue weighted by molar-refractivity contribution is -0.117. The Morgan fingerprint density at radius 3 is 2.67 bits per heavy atom. The van der Waals surface area contributed by atoms with Crippen LogP contribution in [0.15, 0.2) is 36.8 Å². The van der Waals surface area contributed by atoms with E-state index < -0.39 is 5.92 Å². The number of nitrogens with zero attached hydrogens (tertiary/aromatic N) is 2. The van der Waals surface area contributed by atoms with Crippen LogP contribution < -0.4 is 0 Å². The predicted molar refractivity (Wildman–Crippen MR) is 65.7 cm³/mol. The summed E-state index contributed by atoms with van der Waals surface area (Å²) in [4.78, 5) is 19.9. The van der Waals surface area contributed by atoms with E-state index in [4.69, 9.17) is 0 Å². The fraction of sp³-hybridized carbons (Fsp3) is 0.214. The smallest absolute Gasteiger partial charge is 0.143 e. The van der Waals surface area contributed by atoms with Gasteiger partial charge in [0, 0.05) is 18.6 Å². The van der Waals surface area contributed by atoms with Crippen molar-refractivity contribution in [3.05, 3.63) is 59.4 Å². The average Bonchev–Trinajstić information content (AvgIpc) is 2.35. The summed E-state index contributed by atoms with van der Waals surface area (Å²) >= 11 is 0. The summed E-state index contributed by atoms with van der Waals surface area (Å²) in [5.41, 5.74) is 1.83. The monoisotopic (exact) mass is 244 g/mol. The van der Waals surface area contributed by atoms with Crippen molar-refractivity contribution in [2.24, 2.45) is 0 Å². The first kappa shape index (κ1) is 12.4. The summed E-state index contributed by atoms with van der Waals surface area (Å²) in [6.45, 7) is 3.17. The number of Topliss-reactive ketones (excluding diaryl/α,β-unsaturated/α-hetero) is 1. The molecule has 1 atom stereocenters. The number of hydrogen-bond acceptors (Lipinski definition) is 3. The molecule has 3 nitrogen and oxygen atoms in total. The van der Waals surface area contributed by atoms with E-state index in [0.29, 0.717) is 11.3 Å². The van der Waals surface area contributed by atoms with Crippen LogP contribution in [0.2, 0.25) is 0 Å². The second-order valence-electron chi connectivity index (χ2n) is 4.18. The molecule has 1 heterocycles. The molecule has 1 aromatic carbocycles. The van der Waals surface area contributed by atoms with Crippen LogP contribution >= 0.6 is 0 Å². The third kappa shape index (κ3) is 2.42. The summed E-state index contributed by atoms with van der Waals surface area (Å²) in [5.74, 6) is -0.806. The van der Waals surface area contributed by atoms with E-state index >= 15 is 0 Å². The van der Waals surface area contributed by atoms with E-state index in [1.165, 1.54) is 13.0 Å². The second-order valence-corrected chi connectivity index (χ2v) is 4.18. The molecule has 0 aliphatic carbocycles. The molecule has 0 aliphatic rings. The van der Waals surface area contributed by atoms with E-state index in [0.717, 1.165) is 5.56 Å². The molecule has 0 aliphatic heterocycles. The molecule has 92 valence electrons. The minimum absolute atomic E-state index is 0.0403. The Morgan fingerprint density at radius 2 is 2.11 bits per heavy atom. The van der Waals surface area contributed by atoms with Gasteiger partial charge in [0.2, 0.25) is 0 Å². The van der Waals surface area contributed by atoms with Gasteiger partial charge in [0.25, 0.3) is 0 Å². The van der Waals surface area contributed by atoms with Gasteiger partial charge in [-0.05, 0) is 31.0 Å². The molecular weight excluding hydrogens is 231 g/mol. The van der Waals surface area contributed by atoms with Crippen molar-refractivity contribution in [3.63, 3.8) is 0 Å². The van der Waals surface area contributed by atoms with E-state index in [1.54, 1.807) is 37.6 Å². The Bertz CT molecular complexity index is 569. The van der Waals surface area contributed by atoms with Crippen molar-refractivity contribution >= 4 is 5.78 Å². The first-order chi connectivity index (χ1) is 8.59. The maximum atomic E-state index is 13.3. The largest absolute Gasteiger partial charge is 0.299 e. The van der Waals surface area contributed by atoms with Crippen LogP contribution in [-0.4, -0.2) is 15.8 Å². The van der Waals surface area contributed by atoms with Gasteiger partial charge >= 0.3 is 0 Å². The van der Waals surface area contributed by atoms with Crippen molar-refractivity contribution in [2.45, 2.75) is 19.8 Å². The first-order valence-corrected chi connectivity index (χ1v) is 5.62. The summed E-state index contributed by atoms with van der Waals surface area (Å²) in [5, 5.41) is 0. The Balaban J connectivity index is 2.49. The first-order valence-electron chi connectivity index (χ1n) is 5.62. The molecular formula is C14H13FN2O. The van der Waals surface area contributed by atoms with Gasteiger partial charge in [-0.3, -0.25) is 14.8 Å². The maximum absolute atomic E-state index is 13.3. The highest BCUT2D eigenvalue weighted by Gasteiger charge is 2.21. The minimum Gasteiger partial charge on any atom is -0.299 e. The molecule has 0 spiro atoms. The van der Waals surface area contributed by atoms with Crippen LogP contribution in [0.3, 0.4) is 0 Å². The highest BCUT2D eigenvalue weighted by molar-refractivity contribution is 5.86. The number of rotatable bonds is 3. The SMILES string of the molecule is CC(=O)C(c1ccc(F)c(C)c1)c1cnccn1. The maximum Gasteiger partial charge on any atom is 0.143 e. The highest BCUT2D eigenvalue weighted by atomic mass is 19.1. The fourth-order valence-corrected chi connectivity index (χ4v) is 1.92. The number of aromatic nitrogens is 2. The number of ketones is 1. The number of benzene rings is 1. The molecule has 0 saturated carbocycles. The number of halogens is 1. The number of hydrogen-bond donors (Lipinski definition) is 0. The lowest BCUT2D eigenvalue weighted by atomic mass is 9.91. The lowest BCUT2D eigenvalue weighted by Crippen LogP contribution is -2.12. The van der Waals surface area contributed by atoms with E-state index in [9.17, 15) is 9.18 Å². The van der Waals surface area contributed by atoms with Gasteiger partial charge in [-0.25, -0.2) is 4.39 Å². The minimum atomic E-state index is -0.488. The van der Waals surface area contributed by atoms with Crippen molar-refractivity contribution in [2.75, 3.05) is 0 Å². The molecule has 0 radical (unpaired) electrons. The van der Waals surface area contributed by atoms with Gasteiger partial charge < -0.3 is 0 Å². The molecule has 0 fully saturated rings. The summed E-state index contributed by atoms with van der Waals surface area (Å²) < 4.78 is 13.3. The van der Waals surface area contributed by atoms with Gasteiger partial charge in [0.15, 0.2) is 0 Å². The molecule has 0 saturated heterocycles. The summed E-state index contributed by atoms with van der Waals surface area (Å²) in [6, 6.07) is 4.66. The number of aryl methyl sites for hydroxylation is 1. The van der Waals surface area contributed by atoms with Crippen LogP contribution in [0.4, 0.5) is 4.39 Å². The van der Waals surface area contributed by atoms with Crippen LogP contribution in [0.25, 0.3) is 0 Å². The van der Waals surface area contributed by atoms with Gasteiger partial charge in [0.05, 0.1) is 11.6 Å². The Morgan fingerprint density at radius 1 is 1.33 bits per heavy atom. The second kappa shape index (κ2) is 5.04. The normalized spacial score (nSPS) is 12.2. The van der Waals surface area contributed by atoms with Crippen LogP contribution in [0.1, 0.15) is 29.7 Å². The molecule has 1 aromatic heterocycles. The molecule has 2 aromatic rings. The van der Waals surface area contributed by atoms with Crippen LogP contribution in [-0.2, 0) is 4.79 Å². The summed E-state index contributed by atoms with van der Waals surface area (Å²) in [6.07, 6.45) is 4.66. The van der Waals surface area contributed by atoms with Crippen molar-refractivity contribution < 1.29 is 9.18 Å². The van der Waals surface area contributed by atoms with E-state index in [2.05, 4.69) is 9.97 Å². The van der Waals surface area contributed by atoms with Crippen LogP contribution in [0, 0.1) is 12.7 Å². The highest BCUT2D eigenvalue weighted by Crippen LogP contribution is 2.25. The average molecular weight is 244 g/mol. The van der Waals surface area contributed by atoms with Gasteiger partial charge in [-0.2, -0.15) is 0 Å². The van der Waals surface area contributed by atoms with Crippen molar-refractivity contribution in [1.82, 2.24) is 9.97 Å². The Kier molecular flexibility index (Phi) is 3.46. The molecule has 0 bridgehead atoms. The molecule has 1 unspecified atom stereocenters. The zero-order valence-corrected chi connectivity index (χ0v) is 10.2. The van der Waals surface area contributed by atoms with E-state index in [-0.39, 0.29) is 11.6 Å². The Hall–Kier alpha value is -2.10. The van der Waals surface area contributed by atoms with Crippen molar-refractivity contribution in [1.29, 1.82) is 0 Å². The van der Waals surface area contributed by atoms with E-state index in [1.807, 2.05) is 0 Å². The molecule has 0 N–H and O–H groups in total. The van der Waals surface area contributed by atoms with Gasteiger partial charge in [-0.1, -0.05) is 12.1 Å². The van der Waals surface area contributed by atoms with Gasteiger partial charge in [0.1, 0.15) is 11.6 Å². The topological polar surface area (TPSA) is 42.9 Å². The number of carbonyl (C=O) groups excluding carboxylic acids is 1. The third-order valence-electron chi connectivity index (χ3n) is 2.80. The predicted octanol–water partition coefficient (Wildman–Crippen LogP) is 2.65.